The molecule has 4 heteroatoms. The number of aromatic nitrogens is 2. The minimum atomic E-state index is 0.295. The molecule has 0 radical (unpaired) electrons. The maximum absolute atomic E-state index is 5.85. The molecule has 13 heavy (non-hydrogen) atoms. The van der Waals surface area contributed by atoms with Crippen LogP contribution >= 0.6 is 0 Å². The monoisotopic (exact) mass is 181 g/mol. The Labute approximate surface area is 77.5 Å². The van der Waals surface area contributed by atoms with Crippen molar-refractivity contribution >= 4 is 0 Å². The number of nitrogens with zero attached hydrogens (tertiary/aromatic N) is 1. The van der Waals surface area contributed by atoms with Crippen LogP contribution in [0.1, 0.15) is 23.6 Å². The smallest absolute Gasteiger partial charge is 0.132 e. The second-order valence-corrected chi connectivity index (χ2v) is 3.54. The third kappa shape index (κ3) is 1.73. The number of nitrogens with one attached hydrogen (secondary N) is 1. The second kappa shape index (κ2) is 3.47. The highest BCUT2D eigenvalue weighted by Gasteiger charge is 2.18. The zero-order chi connectivity index (χ0) is 9.26. The highest BCUT2D eigenvalue weighted by Crippen LogP contribution is 2.18. The summed E-state index contributed by atoms with van der Waals surface area (Å²) in [6.45, 7) is 0.558. The molecule has 1 heterocycles. The summed E-state index contributed by atoms with van der Waals surface area (Å²) >= 11 is 0. The molecule has 0 aromatic carbocycles. The first-order valence-corrected chi connectivity index (χ1v) is 4.60. The zero-order valence-electron chi connectivity index (χ0n) is 7.84. The molecule has 1 atom stereocenters. The van der Waals surface area contributed by atoms with E-state index in [0.29, 0.717) is 12.6 Å². The van der Waals surface area contributed by atoms with Crippen LogP contribution in [0.2, 0.25) is 0 Å². The van der Waals surface area contributed by atoms with E-state index in [1.807, 2.05) is 0 Å². The average Bonchev–Trinajstić information content (AvgIpc) is 2.46. The first kappa shape index (κ1) is 8.72. The summed E-state index contributed by atoms with van der Waals surface area (Å²) in [5.41, 5.74) is 8.23. The van der Waals surface area contributed by atoms with Crippen molar-refractivity contribution in [3.63, 3.8) is 0 Å². The minimum Gasteiger partial charge on any atom is -0.377 e. The van der Waals surface area contributed by atoms with Gasteiger partial charge in [0.05, 0.1) is 5.69 Å². The van der Waals surface area contributed by atoms with E-state index in [-0.39, 0.29) is 0 Å². The number of fused-ring (bicyclic) bond motifs is 1. The quantitative estimate of drug-likeness (QED) is 0.693. The molecule has 0 fully saturated rings. The van der Waals surface area contributed by atoms with Crippen LogP contribution in [0.5, 0.6) is 0 Å². The Morgan fingerprint density at radius 3 is 3.31 bits per heavy atom. The maximum Gasteiger partial charge on any atom is 0.132 e. The summed E-state index contributed by atoms with van der Waals surface area (Å²) in [5, 5.41) is 0. The number of hydrogen-bond donors (Lipinski definition) is 2. The first-order valence-electron chi connectivity index (χ1n) is 4.60. The topological polar surface area (TPSA) is 63.9 Å². The number of aromatic amines is 1. The molecular formula is C9H15N3O. The summed E-state index contributed by atoms with van der Waals surface area (Å²) in [7, 11) is 1.67. The molecule has 1 aromatic heterocycles. The third-order valence-corrected chi connectivity index (χ3v) is 2.41. The highest BCUT2D eigenvalue weighted by atomic mass is 16.5. The predicted molar refractivity (Wildman–Crippen MR) is 49.3 cm³/mol. The van der Waals surface area contributed by atoms with E-state index in [1.54, 1.807) is 7.11 Å². The van der Waals surface area contributed by atoms with Crippen LogP contribution in [-0.4, -0.2) is 23.1 Å². The van der Waals surface area contributed by atoms with Gasteiger partial charge in [0, 0.05) is 25.3 Å². The van der Waals surface area contributed by atoms with Gasteiger partial charge < -0.3 is 15.5 Å². The summed E-state index contributed by atoms with van der Waals surface area (Å²) in [6.07, 6.45) is 2.97. The van der Waals surface area contributed by atoms with Crippen molar-refractivity contribution in [2.75, 3.05) is 7.11 Å². The van der Waals surface area contributed by atoms with E-state index in [9.17, 15) is 0 Å². The van der Waals surface area contributed by atoms with Crippen LogP contribution in [0.3, 0.4) is 0 Å². The van der Waals surface area contributed by atoms with E-state index >= 15 is 0 Å². The van der Waals surface area contributed by atoms with Crippen LogP contribution < -0.4 is 5.73 Å². The van der Waals surface area contributed by atoms with E-state index in [0.717, 1.165) is 25.1 Å². The molecule has 0 spiro atoms. The summed E-state index contributed by atoms with van der Waals surface area (Å²) in [4.78, 5) is 7.69. The summed E-state index contributed by atoms with van der Waals surface area (Å²) < 4.78 is 5.01. The van der Waals surface area contributed by atoms with Crippen molar-refractivity contribution in [1.29, 1.82) is 0 Å². The Balaban J connectivity index is 2.18. The number of aryl methyl sites for hydroxylation is 1. The van der Waals surface area contributed by atoms with Crippen LogP contribution in [-0.2, 0) is 24.2 Å². The molecule has 72 valence electrons. The molecule has 3 N–H and O–H groups in total. The number of H-pyrrole nitrogens is 1. The molecule has 4 nitrogen and oxygen atoms in total. The number of methoxy groups -OCH3 is 1. The number of nitrogens with two attached hydrogens (primary N) is 1. The van der Waals surface area contributed by atoms with Gasteiger partial charge in [0.15, 0.2) is 0 Å². The Kier molecular flexibility index (Phi) is 2.33. The lowest BCUT2D eigenvalue weighted by Crippen LogP contribution is -2.27. The van der Waals surface area contributed by atoms with Gasteiger partial charge in [-0.1, -0.05) is 0 Å². The molecule has 1 aliphatic rings. The normalized spacial score (nSPS) is 21.5. The molecule has 0 bridgehead atoms. The molecular weight excluding hydrogens is 166 g/mol. The Bertz CT molecular complexity index is 295. The van der Waals surface area contributed by atoms with Crippen LogP contribution in [0, 0.1) is 0 Å². The SMILES string of the molecule is COCc1nc2c([nH]1)CC(N)CC2. The average molecular weight is 181 g/mol. The largest absolute Gasteiger partial charge is 0.377 e. The Morgan fingerprint density at radius 2 is 2.54 bits per heavy atom. The van der Waals surface area contributed by atoms with Gasteiger partial charge in [-0.25, -0.2) is 4.98 Å². The minimum absolute atomic E-state index is 0.295. The lowest BCUT2D eigenvalue weighted by atomic mass is 9.97. The van der Waals surface area contributed by atoms with Gasteiger partial charge in [-0.15, -0.1) is 0 Å². The zero-order valence-corrected chi connectivity index (χ0v) is 7.84. The van der Waals surface area contributed by atoms with Crippen molar-refractivity contribution < 1.29 is 4.74 Å². The summed E-state index contributed by atoms with van der Waals surface area (Å²) in [5.74, 6) is 0.918. The van der Waals surface area contributed by atoms with Crippen molar-refractivity contribution in [3.05, 3.63) is 17.2 Å². The van der Waals surface area contributed by atoms with Crippen molar-refractivity contribution in [1.82, 2.24) is 9.97 Å². The number of imidazole rings is 1. The molecule has 1 aliphatic carbocycles. The second-order valence-electron chi connectivity index (χ2n) is 3.54. The third-order valence-electron chi connectivity index (χ3n) is 2.41. The van der Waals surface area contributed by atoms with Gasteiger partial charge in [0.1, 0.15) is 12.4 Å². The van der Waals surface area contributed by atoms with Gasteiger partial charge in [0.2, 0.25) is 0 Å². The predicted octanol–water partition coefficient (Wildman–Crippen LogP) is 0.372. The van der Waals surface area contributed by atoms with E-state index in [4.69, 9.17) is 10.5 Å². The maximum atomic E-state index is 5.85. The number of hydrogen-bond acceptors (Lipinski definition) is 3. The van der Waals surface area contributed by atoms with E-state index < -0.39 is 0 Å². The summed E-state index contributed by atoms with van der Waals surface area (Å²) in [6, 6.07) is 0.295. The van der Waals surface area contributed by atoms with Crippen LogP contribution in [0.25, 0.3) is 0 Å². The fourth-order valence-corrected chi connectivity index (χ4v) is 1.77. The Hall–Kier alpha value is -0.870. The number of ether oxygens (including phenoxy) is 1. The van der Waals surface area contributed by atoms with E-state index in [2.05, 4.69) is 9.97 Å². The van der Waals surface area contributed by atoms with Gasteiger partial charge in [-0.2, -0.15) is 0 Å². The molecule has 0 aliphatic heterocycles. The van der Waals surface area contributed by atoms with Crippen molar-refractivity contribution in [3.8, 4) is 0 Å². The molecule has 0 amide bonds. The first-order chi connectivity index (χ1) is 6.29. The van der Waals surface area contributed by atoms with E-state index in [1.165, 1.54) is 11.4 Å². The van der Waals surface area contributed by atoms with Gasteiger partial charge in [0.25, 0.3) is 0 Å². The number of rotatable bonds is 2. The van der Waals surface area contributed by atoms with Crippen molar-refractivity contribution in [2.45, 2.75) is 31.9 Å². The lowest BCUT2D eigenvalue weighted by Gasteiger charge is -2.15. The fraction of sp³-hybridized carbons (Fsp3) is 0.667. The van der Waals surface area contributed by atoms with Gasteiger partial charge >= 0.3 is 0 Å². The molecule has 0 saturated carbocycles. The standard InChI is InChI=1S/C9H15N3O/c1-13-5-9-11-7-3-2-6(10)4-8(7)12-9/h6H,2-5,10H2,1H3,(H,11,12). The van der Waals surface area contributed by atoms with Gasteiger partial charge in [-0.3, -0.25) is 0 Å². The molecule has 1 aromatic rings. The lowest BCUT2D eigenvalue weighted by molar-refractivity contribution is 0.178. The van der Waals surface area contributed by atoms with Crippen molar-refractivity contribution in [2.24, 2.45) is 5.73 Å². The fourth-order valence-electron chi connectivity index (χ4n) is 1.77. The molecule has 0 saturated heterocycles. The van der Waals surface area contributed by atoms with Crippen LogP contribution in [0.4, 0.5) is 0 Å². The van der Waals surface area contributed by atoms with Crippen LogP contribution in [0.15, 0.2) is 0 Å². The highest BCUT2D eigenvalue weighted by molar-refractivity contribution is 5.19. The molecule has 1 unspecified atom stereocenters. The Morgan fingerprint density at radius 1 is 1.69 bits per heavy atom. The van der Waals surface area contributed by atoms with Gasteiger partial charge in [-0.05, 0) is 12.8 Å². The molecule has 2 rings (SSSR count).